The summed E-state index contributed by atoms with van der Waals surface area (Å²) >= 11 is 0. The van der Waals surface area contributed by atoms with Crippen molar-refractivity contribution < 1.29 is 40.8 Å². The number of nitrogens with zero attached hydrogens (tertiary/aromatic N) is 1. The van der Waals surface area contributed by atoms with Crippen LogP contribution in [0.15, 0.2) is 42.5 Å². The molecule has 0 radical (unpaired) electrons. The molecule has 14 heteroatoms. The Morgan fingerprint density at radius 2 is 1.84 bits per heavy atom. The Labute approximate surface area is 173 Å². The van der Waals surface area contributed by atoms with E-state index in [0.717, 1.165) is 18.4 Å². The standard InChI is InChI=1S/C17H14F3N3O7S/c1-31(28,29)22-11-4-2-3-10(7-11)16(25)30-9-15(24)21-14-6-5-12(23(26)27)8-13(14)17(18,19)20/h2-8,22H,9H2,1H3,(H,21,24). The summed E-state index contributed by atoms with van der Waals surface area (Å²) in [7, 11) is -3.60. The predicted octanol–water partition coefficient (Wildman–Crippen LogP) is 2.78. The zero-order chi connectivity index (χ0) is 23.4. The predicted molar refractivity (Wildman–Crippen MR) is 102 cm³/mol. The van der Waals surface area contributed by atoms with Crippen molar-refractivity contribution in [1.82, 2.24) is 0 Å². The number of hydrogen-bond acceptors (Lipinski definition) is 7. The first-order valence-electron chi connectivity index (χ1n) is 8.17. The third-order valence-electron chi connectivity index (χ3n) is 3.53. The lowest BCUT2D eigenvalue weighted by atomic mass is 10.1. The molecule has 0 bridgehead atoms. The molecule has 10 nitrogen and oxygen atoms in total. The van der Waals surface area contributed by atoms with E-state index in [-0.39, 0.29) is 17.3 Å². The number of nitro groups is 1. The zero-order valence-corrected chi connectivity index (χ0v) is 16.4. The van der Waals surface area contributed by atoms with Crippen molar-refractivity contribution in [3.05, 3.63) is 63.7 Å². The molecule has 2 aromatic carbocycles. The highest BCUT2D eigenvalue weighted by Crippen LogP contribution is 2.37. The van der Waals surface area contributed by atoms with E-state index in [0.29, 0.717) is 6.07 Å². The highest BCUT2D eigenvalue weighted by Gasteiger charge is 2.35. The van der Waals surface area contributed by atoms with Gasteiger partial charge in [0, 0.05) is 17.8 Å². The first-order valence-corrected chi connectivity index (χ1v) is 10.1. The molecule has 1 amide bonds. The van der Waals surface area contributed by atoms with Crippen molar-refractivity contribution >= 4 is 39.0 Å². The van der Waals surface area contributed by atoms with E-state index < -0.39 is 56.5 Å². The summed E-state index contributed by atoms with van der Waals surface area (Å²) in [6, 6.07) is 6.86. The Hall–Kier alpha value is -3.68. The van der Waals surface area contributed by atoms with Crippen LogP contribution in [0.1, 0.15) is 15.9 Å². The molecule has 0 atom stereocenters. The molecule has 0 saturated carbocycles. The van der Waals surface area contributed by atoms with E-state index in [2.05, 4.69) is 4.72 Å². The fourth-order valence-corrected chi connectivity index (χ4v) is 2.87. The van der Waals surface area contributed by atoms with Crippen LogP contribution in [0.2, 0.25) is 0 Å². The number of non-ortho nitro benzene ring substituents is 1. The van der Waals surface area contributed by atoms with E-state index in [4.69, 9.17) is 4.74 Å². The molecule has 0 aromatic heterocycles. The zero-order valence-electron chi connectivity index (χ0n) is 15.6. The number of amides is 1. The quantitative estimate of drug-likeness (QED) is 0.366. The Kier molecular flexibility index (Phi) is 6.84. The van der Waals surface area contributed by atoms with Crippen molar-refractivity contribution in [2.75, 3.05) is 22.9 Å². The van der Waals surface area contributed by atoms with Gasteiger partial charge in [-0.15, -0.1) is 0 Å². The van der Waals surface area contributed by atoms with Crippen molar-refractivity contribution in [1.29, 1.82) is 0 Å². The number of anilines is 2. The number of nitro benzene ring substituents is 1. The Balaban J connectivity index is 2.08. The van der Waals surface area contributed by atoms with E-state index in [1.165, 1.54) is 18.2 Å². The SMILES string of the molecule is CS(=O)(=O)Nc1cccc(C(=O)OCC(=O)Nc2ccc([N+](=O)[O-])cc2C(F)(F)F)c1. The molecule has 0 saturated heterocycles. The molecule has 0 unspecified atom stereocenters. The maximum Gasteiger partial charge on any atom is 0.418 e. The summed E-state index contributed by atoms with van der Waals surface area (Å²) in [4.78, 5) is 33.6. The van der Waals surface area contributed by atoms with Gasteiger partial charge in [-0.1, -0.05) is 6.07 Å². The summed E-state index contributed by atoms with van der Waals surface area (Å²) < 4.78 is 68.7. The lowest BCUT2D eigenvalue weighted by Gasteiger charge is -2.13. The Morgan fingerprint density at radius 3 is 2.42 bits per heavy atom. The molecular weight excluding hydrogens is 447 g/mol. The highest BCUT2D eigenvalue weighted by molar-refractivity contribution is 7.92. The fourth-order valence-electron chi connectivity index (χ4n) is 2.31. The number of carbonyl (C=O) groups excluding carboxylic acids is 2. The van der Waals surface area contributed by atoms with Gasteiger partial charge in [-0.25, -0.2) is 13.2 Å². The minimum atomic E-state index is -4.99. The summed E-state index contributed by atoms with van der Waals surface area (Å²) in [5.41, 5.74) is -3.08. The number of alkyl halides is 3. The smallest absolute Gasteiger partial charge is 0.418 e. The molecule has 0 aliphatic carbocycles. The molecular formula is C17H14F3N3O7S. The Bertz CT molecular complexity index is 1130. The van der Waals surface area contributed by atoms with Gasteiger partial charge in [-0.2, -0.15) is 13.2 Å². The first kappa shape index (κ1) is 23.6. The molecule has 2 N–H and O–H groups in total. The molecule has 0 fully saturated rings. The van der Waals surface area contributed by atoms with Gasteiger partial charge in [0.25, 0.3) is 11.6 Å². The Morgan fingerprint density at radius 1 is 1.16 bits per heavy atom. The molecule has 166 valence electrons. The monoisotopic (exact) mass is 461 g/mol. The number of benzene rings is 2. The third-order valence-corrected chi connectivity index (χ3v) is 4.14. The molecule has 31 heavy (non-hydrogen) atoms. The number of ether oxygens (including phenoxy) is 1. The number of nitrogens with one attached hydrogen (secondary N) is 2. The number of halogens is 3. The van der Waals surface area contributed by atoms with Crippen molar-refractivity contribution in [3.63, 3.8) is 0 Å². The van der Waals surface area contributed by atoms with Crippen molar-refractivity contribution in [2.24, 2.45) is 0 Å². The average molecular weight is 461 g/mol. The molecule has 0 heterocycles. The highest BCUT2D eigenvalue weighted by atomic mass is 32.2. The maximum atomic E-state index is 13.1. The number of sulfonamides is 1. The van der Waals surface area contributed by atoms with Crippen LogP contribution in [0.25, 0.3) is 0 Å². The number of esters is 1. The summed E-state index contributed by atoms with van der Waals surface area (Å²) in [6.45, 7) is -0.961. The average Bonchev–Trinajstić information content (AvgIpc) is 2.64. The summed E-state index contributed by atoms with van der Waals surface area (Å²) in [6.07, 6.45) is -4.09. The van der Waals surface area contributed by atoms with Crippen LogP contribution < -0.4 is 10.0 Å². The number of hydrogen-bond donors (Lipinski definition) is 2. The minimum Gasteiger partial charge on any atom is -0.452 e. The van der Waals surface area contributed by atoms with E-state index >= 15 is 0 Å². The van der Waals surface area contributed by atoms with Gasteiger partial charge in [0.05, 0.1) is 28.0 Å². The fraction of sp³-hybridized carbons (Fsp3) is 0.176. The van der Waals surface area contributed by atoms with E-state index in [1.54, 1.807) is 0 Å². The second kappa shape index (κ2) is 8.99. The second-order valence-corrected chi connectivity index (χ2v) is 7.81. The molecule has 0 aliphatic heterocycles. The lowest BCUT2D eigenvalue weighted by Crippen LogP contribution is -2.23. The van der Waals surface area contributed by atoms with Gasteiger partial charge in [0.15, 0.2) is 6.61 Å². The minimum absolute atomic E-state index is 0.0575. The van der Waals surface area contributed by atoms with E-state index in [1.807, 2.05) is 5.32 Å². The van der Waals surface area contributed by atoms with Crippen LogP contribution in [-0.2, 0) is 25.7 Å². The lowest BCUT2D eigenvalue weighted by molar-refractivity contribution is -0.385. The normalized spacial score (nSPS) is 11.5. The maximum absolute atomic E-state index is 13.1. The van der Waals surface area contributed by atoms with Crippen LogP contribution in [0.3, 0.4) is 0 Å². The van der Waals surface area contributed by atoms with Crippen LogP contribution in [0.5, 0.6) is 0 Å². The molecule has 2 aromatic rings. The molecule has 0 spiro atoms. The van der Waals surface area contributed by atoms with Gasteiger partial charge in [-0.05, 0) is 24.3 Å². The topological polar surface area (TPSA) is 145 Å². The van der Waals surface area contributed by atoms with Gasteiger partial charge in [0.1, 0.15) is 0 Å². The largest absolute Gasteiger partial charge is 0.452 e. The van der Waals surface area contributed by atoms with Crippen molar-refractivity contribution in [3.8, 4) is 0 Å². The number of rotatable bonds is 7. The van der Waals surface area contributed by atoms with Crippen LogP contribution in [0.4, 0.5) is 30.2 Å². The first-order chi connectivity index (χ1) is 14.3. The van der Waals surface area contributed by atoms with Gasteiger partial charge in [-0.3, -0.25) is 19.6 Å². The third kappa shape index (κ3) is 6.95. The van der Waals surface area contributed by atoms with Gasteiger partial charge < -0.3 is 10.1 Å². The second-order valence-electron chi connectivity index (χ2n) is 6.06. The summed E-state index contributed by atoms with van der Waals surface area (Å²) in [5, 5.41) is 12.6. The summed E-state index contributed by atoms with van der Waals surface area (Å²) in [5.74, 6) is -2.16. The van der Waals surface area contributed by atoms with Crippen LogP contribution in [0, 0.1) is 10.1 Å². The molecule has 0 aliphatic rings. The van der Waals surface area contributed by atoms with Gasteiger partial charge in [0.2, 0.25) is 10.0 Å². The van der Waals surface area contributed by atoms with Gasteiger partial charge >= 0.3 is 12.1 Å². The van der Waals surface area contributed by atoms with E-state index in [9.17, 15) is 41.3 Å². The van der Waals surface area contributed by atoms with Crippen LogP contribution in [-0.4, -0.2) is 38.1 Å². The van der Waals surface area contributed by atoms with Crippen LogP contribution >= 0.6 is 0 Å². The molecule has 2 rings (SSSR count). The van der Waals surface area contributed by atoms with Crippen molar-refractivity contribution in [2.45, 2.75) is 6.18 Å². The number of carbonyl (C=O) groups is 2.